The van der Waals surface area contributed by atoms with Crippen LogP contribution in [0.3, 0.4) is 0 Å². The van der Waals surface area contributed by atoms with Gasteiger partial charge in [0.25, 0.3) is 0 Å². The maximum absolute atomic E-state index is 11.7. The number of hydrogen-bond donors (Lipinski definition) is 2. The molecule has 1 atom stereocenters. The summed E-state index contributed by atoms with van der Waals surface area (Å²) in [6.45, 7) is 7.09. The Morgan fingerprint density at radius 1 is 1.47 bits per heavy atom. The number of halogens is 1. The molecule has 1 rings (SSSR count). The van der Waals surface area contributed by atoms with Crippen LogP contribution < -0.4 is 5.73 Å². The molecule has 0 aliphatic heterocycles. The summed E-state index contributed by atoms with van der Waals surface area (Å²) >= 11 is 5.93. The first-order chi connectivity index (χ1) is 8.60. The number of carbonyl (C=O) groups excluding carboxylic acids is 1. The van der Waals surface area contributed by atoms with E-state index in [9.17, 15) is 9.90 Å². The lowest BCUT2D eigenvalue weighted by atomic mass is 10.0. The van der Waals surface area contributed by atoms with Crippen LogP contribution in [0.25, 0.3) is 0 Å². The lowest BCUT2D eigenvalue weighted by Gasteiger charge is -2.21. The highest BCUT2D eigenvalue weighted by molar-refractivity contribution is 6.30. The lowest BCUT2D eigenvalue weighted by molar-refractivity contribution is -0.155. The van der Waals surface area contributed by atoms with Crippen molar-refractivity contribution in [3.05, 3.63) is 28.3 Å². The molecule has 0 radical (unpaired) electrons. The highest BCUT2D eigenvalue weighted by Gasteiger charge is 2.21. The third kappa shape index (κ3) is 4.73. The van der Waals surface area contributed by atoms with Gasteiger partial charge in [-0.3, -0.25) is 4.79 Å². The van der Waals surface area contributed by atoms with Gasteiger partial charge in [0.2, 0.25) is 0 Å². The number of ether oxygens (including phenoxy) is 1. The molecule has 1 aromatic carbocycles. The summed E-state index contributed by atoms with van der Waals surface area (Å²) in [5, 5.41) is 10.4. The van der Waals surface area contributed by atoms with Gasteiger partial charge in [0.05, 0.1) is 6.42 Å². The molecule has 0 aromatic heterocycles. The van der Waals surface area contributed by atoms with E-state index < -0.39 is 17.6 Å². The molecule has 0 saturated heterocycles. The zero-order valence-electron chi connectivity index (χ0n) is 11.7. The van der Waals surface area contributed by atoms with Crippen molar-refractivity contribution in [3.63, 3.8) is 0 Å². The van der Waals surface area contributed by atoms with Gasteiger partial charge in [-0.1, -0.05) is 11.6 Å². The first kappa shape index (κ1) is 15.8. The highest BCUT2D eigenvalue weighted by Crippen LogP contribution is 2.31. The molecular weight excluding hydrogens is 266 g/mol. The summed E-state index contributed by atoms with van der Waals surface area (Å²) in [5.74, 6) is -0.336. The number of carbonyl (C=O) groups is 1. The second-order valence-corrected chi connectivity index (χ2v) is 5.99. The Hall–Kier alpha value is -1.26. The number of hydrogen-bond acceptors (Lipinski definition) is 4. The molecule has 5 heteroatoms. The van der Waals surface area contributed by atoms with Crippen LogP contribution in [0, 0.1) is 6.92 Å². The molecule has 0 aliphatic carbocycles. The minimum atomic E-state index is -0.646. The standard InChI is InChI=1S/C14H20ClNO3/c1-8-5-9(15)6-10(13(8)18)11(16)7-12(17)19-14(2,3)4/h5-6,11,18H,7,16H2,1-4H3. The molecule has 0 amide bonds. The normalized spacial score (nSPS) is 13.2. The van der Waals surface area contributed by atoms with Gasteiger partial charge in [0, 0.05) is 16.6 Å². The fourth-order valence-corrected chi connectivity index (χ4v) is 2.00. The van der Waals surface area contributed by atoms with E-state index in [2.05, 4.69) is 0 Å². The summed E-state index contributed by atoms with van der Waals surface area (Å²) in [6, 6.07) is 2.56. The van der Waals surface area contributed by atoms with Crippen molar-refractivity contribution < 1.29 is 14.6 Å². The molecule has 1 aromatic rings. The third-order valence-electron chi connectivity index (χ3n) is 2.50. The van der Waals surface area contributed by atoms with Crippen molar-refractivity contribution in [2.75, 3.05) is 0 Å². The maximum Gasteiger partial charge on any atom is 0.308 e. The second kappa shape index (κ2) is 5.80. The summed E-state index contributed by atoms with van der Waals surface area (Å²) in [5.41, 5.74) is 6.46. The minimum Gasteiger partial charge on any atom is -0.507 e. The van der Waals surface area contributed by atoms with Crippen LogP contribution in [0.2, 0.25) is 5.02 Å². The maximum atomic E-state index is 11.7. The summed E-state index contributed by atoms with van der Waals surface area (Å²) in [4.78, 5) is 11.7. The van der Waals surface area contributed by atoms with Gasteiger partial charge < -0.3 is 15.6 Å². The van der Waals surface area contributed by atoms with Gasteiger partial charge in [0.15, 0.2) is 0 Å². The van der Waals surface area contributed by atoms with Crippen molar-refractivity contribution in [1.29, 1.82) is 0 Å². The predicted molar refractivity (Wildman–Crippen MR) is 75.2 cm³/mol. The first-order valence-corrected chi connectivity index (χ1v) is 6.44. The Morgan fingerprint density at radius 3 is 2.58 bits per heavy atom. The zero-order chi connectivity index (χ0) is 14.8. The lowest BCUT2D eigenvalue weighted by Crippen LogP contribution is -2.26. The van der Waals surface area contributed by atoms with Crippen molar-refractivity contribution >= 4 is 17.6 Å². The van der Waals surface area contributed by atoms with E-state index in [0.29, 0.717) is 16.1 Å². The van der Waals surface area contributed by atoms with Gasteiger partial charge in [-0.05, 0) is 45.4 Å². The molecule has 1 unspecified atom stereocenters. The van der Waals surface area contributed by atoms with Crippen molar-refractivity contribution in [2.24, 2.45) is 5.73 Å². The highest BCUT2D eigenvalue weighted by atomic mass is 35.5. The average Bonchev–Trinajstić information content (AvgIpc) is 2.20. The van der Waals surface area contributed by atoms with Crippen LogP contribution in [0.4, 0.5) is 0 Å². The smallest absolute Gasteiger partial charge is 0.308 e. The summed E-state index contributed by atoms with van der Waals surface area (Å²) in [6.07, 6.45) is -0.00931. The van der Waals surface area contributed by atoms with E-state index in [1.54, 1.807) is 39.8 Å². The van der Waals surface area contributed by atoms with Crippen LogP contribution in [0.15, 0.2) is 12.1 Å². The average molecular weight is 286 g/mol. The molecule has 106 valence electrons. The van der Waals surface area contributed by atoms with Crippen molar-refractivity contribution in [2.45, 2.75) is 45.8 Å². The number of rotatable bonds is 3. The molecule has 0 bridgehead atoms. The molecule has 4 nitrogen and oxygen atoms in total. The molecular formula is C14H20ClNO3. The predicted octanol–water partition coefficient (Wildman–Crippen LogP) is 3.09. The quantitative estimate of drug-likeness (QED) is 0.837. The van der Waals surface area contributed by atoms with E-state index in [1.807, 2.05) is 0 Å². The number of phenolic OH excluding ortho intramolecular Hbond substituents is 1. The molecule has 3 N–H and O–H groups in total. The van der Waals surface area contributed by atoms with Gasteiger partial charge in [-0.2, -0.15) is 0 Å². The molecule has 0 aliphatic rings. The first-order valence-electron chi connectivity index (χ1n) is 6.06. The van der Waals surface area contributed by atoms with Crippen LogP contribution >= 0.6 is 11.6 Å². The number of benzene rings is 1. The molecule has 19 heavy (non-hydrogen) atoms. The van der Waals surface area contributed by atoms with E-state index in [4.69, 9.17) is 22.1 Å². The van der Waals surface area contributed by atoms with E-state index in [1.165, 1.54) is 0 Å². The molecule has 0 spiro atoms. The number of aryl methyl sites for hydroxylation is 1. The van der Waals surface area contributed by atoms with Crippen molar-refractivity contribution in [3.8, 4) is 5.75 Å². The number of phenols is 1. The van der Waals surface area contributed by atoms with Gasteiger partial charge >= 0.3 is 5.97 Å². The van der Waals surface area contributed by atoms with Crippen LogP contribution in [0.1, 0.15) is 44.4 Å². The van der Waals surface area contributed by atoms with E-state index in [0.717, 1.165) is 0 Å². The molecule has 0 heterocycles. The van der Waals surface area contributed by atoms with Gasteiger partial charge in [-0.25, -0.2) is 0 Å². The second-order valence-electron chi connectivity index (χ2n) is 5.56. The van der Waals surface area contributed by atoms with Crippen molar-refractivity contribution in [1.82, 2.24) is 0 Å². The molecule has 0 fully saturated rings. The Balaban J connectivity index is 2.84. The zero-order valence-corrected chi connectivity index (χ0v) is 12.4. The Labute approximate surface area is 118 Å². The van der Waals surface area contributed by atoms with Crippen LogP contribution in [0.5, 0.6) is 5.75 Å². The number of esters is 1. The van der Waals surface area contributed by atoms with E-state index >= 15 is 0 Å². The minimum absolute atomic E-state index is 0.00931. The Kier molecular flexibility index (Phi) is 4.82. The SMILES string of the molecule is Cc1cc(Cl)cc(C(N)CC(=O)OC(C)(C)C)c1O. The van der Waals surface area contributed by atoms with Crippen LogP contribution in [-0.2, 0) is 9.53 Å². The largest absolute Gasteiger partial charge is 0.507 e. The van der Waals surface area contributed by atoms with Gasteiger partial charge in [0.1, 0.15) is 11.4 Å². The Morgan fingerprint density at radius 2 is 2.05 bits per heavy atom. The summed E-state index contributed by atoms with van der Waals surface area (Å²) < 4.78 is 5.20. The van der Waals surface area contributed by atoms with Crippen LogP contribution in [-0.4, -0.2) is 16.7 Å². The fourth-order valence-electron chi connectivity index (χ4n) is 1.72. The van der Waals surface area contributed by atoms with Gasteiger partial charge in [-0.15, -0.1) is 0 Å². The topological polar surface area (TPSA) is 72.6 Å². The fraction of sp³-hybridized carbons (Fsp3) is 0.500. The summed E-state index contributed by atoms with van der Waals surface area (Å²) in [7, 11) is 0. The Bertz CT molecular complexity index is 480. The monoisotopic (exact) mass is 285 g/mol. The number of aromatic hydroxyl groups is 1. The third-order valence-corrected chi connectivity index (χ3v) is 2.72. The number of nitrogens with two attached hydrogens (primary N) is 1. The van der Waals surface area contributed by atoms with E-state index in [-0.39, 0.29) is 12.2 Å². The molecule has 0 saturated carbocycles.